The Labute approximate surface area is 156 Å². The van der Waals surface area contributed by atoms with Gasteiger partial charge in [0, 0.05) is 38.4 Å². The summed E-state index contributed by atoms with van der Waals surface area (Å²) in [5, 5.41) is 3.13. The third kappa shape index (κ3) is 5.58. The van der Waals surface area contributed by atoms with Gasteiger partial charge in [-0.15, -0.1) is 0 Å². The Kier molecular flexibility index (Phi) is 6.26. The first-order valence-corrected chi connectivity index (χ1v) is 9.21. The van der Waals surface area contributed by atoms with Crippen LogP contribution in [-0.2, 0) is 13.1 Å². The molecule has 3 N–H and O–H groups in total. The Bertz CT molecular complexity index is 713. The van der Waals surface area contributed by atoms with E-state index in [9.17, 15) is 0 Å². The second-order valence-corrected chi connectivity index (χ2v) is 7.09. The van der Waals surface area contributed by atoms with E-state index in [1.807, 2.05) is 12.1 Å². The lowest BCUT2D eigenvalue weighted by Crippen LogP contribution is -2.43. The molecule has 1 aliphatic heterocycles. The number of guanidine groups is 1. The molecule has 1 fully saturated rings. The molecule has 26 heavy (non-hydrogen) atoms. The Balaban J connectivity index is 1.49. The Morgan fingerprint density at radius 1 is 0.962 bits per heavy atom. The number of hydrogen-bond acceptors (Lipinski definition) is 3. The average molecular weight is 351 g/mol. The molecular weight excluding hydrogens is 322 g/mol. The molecule has 1 heterocycles. The topological polar surface area (TPSA) is 56.9 Å². The predicted octanol–water partition coefficient (Wildman–Crippen LogP) is 2.67. The van der Waals surface area contributed by atoms with Crippen molar-refractivity contribution < 1.29 is 0 Å². The summed E-state index contributed by atoms with van der Waals surface area (Å²) in [6.45, 7) is 8.26. The largest absolute Gasteiger partial charge is 0.370 e. The highest BCUT2D eigenvalue weighted by atomic mass is 15.2. The minimum Gasteiger partial charge on any atom is -0.370 e. The first-order valence-electron chi connectivity index (χ1n) is 9.21. The summed E-state index contributed by atoms with van der Waals surface area (Å²) in [6.07, 6.45) is 0. The quantitative estimate of drug-likeness (QED) is 0.642. The highest BCUT2D eigenvalue weighted by molar-refractivity contribution is 5.92. The van der Waals surface area contributed by atoms with Gasteiger partial charge in [-0.05, 0) is 37.2 Å². The molecular formula is C21H29N5. The van der Waals surface area contributed by atoms with Gasteiger partial charge in [-0.25, -0.2) is 4.99 Å². The minimum atomic E-state index is 0.440. The Morgan fingerprint density at radius 3 is 2.23 bits per heavy atom. The molecule has 0 amide bonds. The van der Waals surface area contributed by atoms with Gasteiger partial charge in [0.1, 0.15) is 0 Å². The Hall–Kier alpha value is -2.37. The van der Waals surface area contributed by atoms with Crippen LogP contribution in [0.1, 0.15) is 16.7 Å². The molecule has 2 aromatic rings. The number of nitrogens with two attached hydrogens (primary N) is 1. The summed E-state index contributed by atoms with van der Waals surface area (Å²) in [5.41, 5.74) is 10.7. The van der Waals surface area contributed by atoms with Crippen LogP contribution in [0.4, 0.5) is 5.69 Å². The maximum absolute atomic E-state index is 5.98. The maximum atomic E-state index is 5.98. The number of rotatable bonds is 5. The molecule has 0 spiro atoms. The molecule has 0 atom stereocenters. The molecule has 0 aliphatic carbocycles. The van der Waals surface area contributed by atoms with Gasteiger partial charge < -0.3 is 16.0 Å². The van der Waals surface area contributed by atoms with Crippen molar-refractivity contribution >= 4 is 11.6 Å². The second-order valence-electron chi connectivity index (χ2n) is 7.09. The zero-order valence-electron chi connectivity index (χ0n) is 15.8. The van der Waals surface area contributed by atoms with E-state index in [1.54, 1.807) is 0 Å². The third-order valence-electron chi connectivity index (χ3n) is 4.78. The van der Waals surface area contributed by atoms with Crippen LogP contribution in [0, 0.1) is 6.92 Å². The summed E-state index contributed by atoms with van der Waals surface area (Å²) in [5.74, 6) is 0.440. The van der Waals surface area contributed by atoms with E-state index in [0.717, 1.165) is 38.4 Å². The standard InChI is InChI=1S/C21H29N5/c1-17-3-9-20(10-4-17)24-21(22)23-15-18-5-7-19(8-6-18)16-26-13-11-25(2)12-14-26/h3-10H,11-16H2,1-2H3,(H3,22,23,24). The zero-order valence-corrected chi connectivity index (χ0v) is 15.8. The van der Waals surface area contributed by atoms with E-state index in [0.29, 0.717) is 12.5 Å². The fourth-order valence-electron chi connectivity index (χ4n) is 3.02. The number of piperazine rings is 1. The third-order valence-corrected chi connectivity index (χ3v) is 4.78. The number of anilines is 1. The van der Waals surface area contributed by atoms with Crippen molar-refractivity contribution in [3.8, 4) is 0 Å². The van der Waals surface area contributed by atoms with E-state index in [1.165, 1.54) is 16.7 Å². The molecule has 5 nitrogen and oxygen atoms in total. The maximum Gasteiger partial charge on any atom is 0.193 e. The number of aryl methyl sites for hydroxylation is 1. The van der Waals surface area contributed by atoms with Crippen molar-refractivity contribution in [2.24, 2.45) is 10.7 Å². The number of hydrogen-bond donors (Lipinski definition) is 2. The molecule has 1 aliphatic rings. The van der Waals surface area contributed by atoms with Crippen LogP contribution in [0.3, 0.4) is 0 Å². The smallest absolute Gasteiger partial charge is 0.193 e. The Morgan fingerprint density at radius 2 is 1.58 bits per heavy atom. The van der Waals surface area contributed by atoms with E-state index in [4.69, 9.17) is 5.73 Å². The van der Waals surface area contributed by atoms with Crippen LogP contribution in [0.25, 0.3) is 0 Å². The molecule has 3 rings (SSSR count). The normalized spacial score (nSPS) is 16.6. The van der Waals surface area contributed by atoms with Crippen molar-refractivity contribution in [1.29, 1.82) is 0 Å². The van der Waals surface area contributed by atoms with Crippen molar-refractivity contribution in [2.75, 3.05) is 38.5 Å². The van der Waals surface area contributed by atoms with Crippen molar-refractivity contribution in [1.82, 2.24) is 9.80 Å². The van der Waals surface area contributed by atoms with E-state index < -0.39 is 0 Å². The molecule has 138 valence electrons. The van der Waals surface area contributed by atoms with Gasteiger partial charge in [-0.1, -0.05) is 42.0 Å². The summed E-state index contributed by atoms with van der Waals surface area (Å²) >= 11 is 0. The van der Waals surface area contributed by atoms with Crippen molar-refractivity contribution in [3.63, 3.8) is 0 Å². The fraction of sp³-hybridized carbons (Fsp3) is 0.381. The van der Waals surface area contributed by atoms with Gasteiger partial charge >= 0.3 is 0 Å². The monoisotopic (exact) mass is 351 g/mol. The highest BCUT2D eigenvalue weighted by Crippen LogP contribution is 2.11. The molecule has 0 saturated carbocycles. The molecule has 1 saturated heterocycles. The number of nitrogens with one attached hydrogen (secondary N) is 1. The van der Waals surface area contributed by atoms with E-state index in [2.05, 4.69) is 70.5 Å². The predicted molar refractivity (Wildman–Crippen MR) is 109 cm³/mol. The van der Waals surface area contributed by atoms with Gasteiger partial charge in [0.15, 0.2) is 5.96 Å². The summed E-state index contributed by atoms with van der Waals surface area (Å²) in [7, 11) is 2.19. The van der Waals surface area contributed by atoms with Crippen molar-refractivity contribution in [3.05, 3.63) is 65.2 Å². The minimum absolute atomic E-state index is 0.440. The average Bonchev–Trinajstić information content (AvgIpc) is 2.65. The van der Waals surface area contributed by atoms with Gasteiger partial charge in [-0.3, -0.25) is 4.90 Å². The molecule has 5 heteroatoms. The van der Waals surface area contributed by atoms with Crippen LogP contribution in [0.15, 0.2) is 53.5 Å². The molecule has 0 radical (unpaired) electrons. The van der Waals surface area contributed by atoms with Gasteiger partial charge in [0.2, 0.25) is 0 Å². The van der Waals surface area contributed by atoms with Crippen LogP contribution in [-0.4, -0.2) is 49.0 Å². The van der Waals surface area contributed by atoms with Gasteiger partial charge in [-0.2, -0.15) is 0 Å². The number of benzene rings is 2. The van der Waals surface area contributed by atoms with Crippen LogP contribution in [0.5, 0.6) is 0 Å². The lowest BCUT2D eigenvalue weighted by molar-refractivity contribution is 0.148. The molecule has 0 bridgehead atoms. The van der Waals surface area contributed by atoms with Crippen LogP contribution in [0.2, 0.25) is 0 Å². The summed E-state index contributed by atoms with van der Waals surface area (Å²) in [6, 6.07) is 16.8. The SMILES string of the molecule is Cc1ccc(NC(N)=NCc2ccc(CN3CCN(C)CC3)cc2)cc1. The van der Waals surface area contributed by atoms with Crippen molar-refractivity contribution in [2.45, 2.75) is 20.0 Å². The molecule has 0 aromatic heterocycles. The molecule has 2 aromatic carbocycles. The first kappa shape index (κ1) is 18.4. The second kappa shape index (κ2) is 8.83. The summed E-state index contributed by atoms with van der Waals surface area (Å²) < 4.78 is 0. The summed E-state index contributed by atoms with van der Waals surface area (Å²) in [4.78, 5) is 9.33. The number of nitrogens with zero attached hydrogens (tertiary/aromatic N) is 3. The lowest BCUT2D eigenvalue weighted by atomic mass is 10.1. The van der Waals surface area contributed by atoms with E-state index >= 15 is 0 Å². The van der Waals surface area contributed by atoms with E-state index in [-0.39, 0.29) is 0 Å². The number of aliphatic imine (C=N–C) groups is 1. The van der Waals surface area contributed by atoms with Crippen LogP contribution >= 0.6 is 0 Å². The first-order chi connectivity index (χ1) is 12.6. The number of likely N-dealkylation sites (N-methyl/N-ethyl adjacent to an activating group) is 1. The van der Waals surface area contributed by atoms with Gasteiger partial charge in [0.05, 0.1) is 6.54 Å². The molecule has 0 unspecified atom stereocenters. The van der Waals surface area contributed by atoms with Crippen LogP contribution < -0.4 is 11.1 Å². The highest BCUT2D eigenvalue weighted by Gasteiger charge is 2.13. The van der Waals surface area contributed by atoms with Gasteiger partial charge in [0.25, 0.3) is 0 Å². The zero-order chi connectivity index (χ0) is 18.4. The lowest BCUT2D eigenvalue weighted by Gasteiger charge is -2.32. The fourth-order valence-corrected chi connectivity index (χ4v) is 3.02.